The molecule has 1 amide bonds. The minimum Gasteiger partial charge on any atom is -0.335 e. The highest BCUT2D eigenvalue weighted by molar-refractivity contribution is 7.99. The number of carbonyl (C=O) groups is 1. The van der Waals surface area contributed by atoms with E-state index in [9.17, 15) is 13.2 Å². The summed E-state index contributed by atoms with van der Waals surface area (Å²) in [6, 6.07) is 9.71. The van der Waals surface area contributed by atoms with Gasteiger partial charge in [-0.15, -0.1) is 5.10 Å². The zero-order valence-corrected chi connectivity index (χ0v) is 19.0. The summed E-state index contributed by atoms with van der Waals surface area (Å²) in [6.07, 6.45) is 3.55. The van der Waals surface area contributed by atoms with E-state index in [0.717, 1.165) is 30.8 Å². The minimum atomic E-state index is -3.05. The van der Waals surface area contributed by atoms with Crippen molar-refractivity contribution in [3.05, 3.63) is 36.2 Å². The van der Waals surface area contributed by atoms with Gasteiger partial charge in [0.1, 0.15) is 5.82 Å². The summed E-state index contributed by atoms with van der Waals surface area (Å²) in [4.78, 5) is 19.6. The Hall–Kier alpha value is -1.87. The number of hydrogen-bond donors (Lipinski definition) is 0. The van der Waals surface area contributed by atoms with E-state index >= 15 is 0 Å². The van der Waals surface area contributed by atoms with Crippen LogP contribution in [0.4, 0.5) is 0 Å². The fraction of sp³-hybridized carbons (Fsp3) is 0.571. The molecule has 1 aromatic heterocycles. The van der Waals surface area contributed by atoms with Gasteiger partial charge >= 0.3 is 0 Å². The van der Waals surface area contributed by atoms with Crippen molar-refractivity contribution in [2.45, 2.75) is 62.7 Å². The largest absolute Gasteiger partial charge is 0.335 e. The third-order valence-corrected chi connectivity index (χ3v) is 8.41. The minimum absolute atomic E-state index is 0.00765. The van der Waals surface area contributed by atoms with Gasteiger partial charge in [0.05, 0.1) is 22.9 Å². The van der Waals surface area contributed by atoms with Gasteiger partial charge in [-0.2, -0.15) is 0 Å². The number of aromatic nitrogens is 3. The van der Waals surface area contributed by atoms with Crippen molar-refractivity contribution in [1.29, 1.82) is 0 Å². The van der Waals surface area contributed by atoms with Gasteiger partial charge in [0.2, 0.25) is 11.1 Å². The van der Waals surface area contributed by atoms with Crippen LogP contribution in [0.5, 0.6) is 0 Å². The lowest BCUT2D eigenvalue weighted by Gasteiger charge is -2.33. The molecule has 30 heavy (non-hydrogen) atoms. The van der Waals surface area contributed by atoms with Crippen molar-refractivity contribution in [1.82, 2.24) is 19.7 Å². The van der Waals surface area contributed by atoms with Gasteiger partial charge in [0.25, 0.3) is 0 Å². The summed E-state index contributed by atoms with van der Waals surface area (Å²) in [6.45, 7) is 4.01. The highest BCUT2D eigenvalue weighted by Gasteiger charge is 2.36. The number of thioether (sulfide) groups is 1. The maximum Gasteiger partial charge on any atom is 0.233 e. The van der Waals surface area contributed by atoms with Gasteiger partial charge in [-0.3, -0.25) is 4.79 Å². The zero-order chi connectivity index (χ0) is 21.3. The monoisotopic (exact) mass is 448 g/mol. The first-order valence-electron chi connectivity index (χ1n) is 10.5. The molecular formula is C21H28N4O3S2. The highest BCUT2D eigenvalue weighted by atomic mass is 32.2. The second-order valence-corrected chi connectivity index (χ2v) is 11.3. The average Bonchev–Trinajstić information content (AvgIpc) is 3.40. The maximum atomic E-state index is 13.1. The van der Waals surface area contributed by atoms with Crippen molar-refractivity contribution in [2.24, 2.45) is 0 Å². The molecule has 4 rings (SSSR count). The predicted molar refractivity (Wildman–Crippen MR) is 118 cm³/mol. The number of para-hydroxylation sites is 1. The Balaban J connectivity index is 1.48. The van der Waals surface area contributed by atoms with E-state index in [4.69, 9.17) is 4.98 Å². The Morgan fingerprint density at radius 3 is 2.60 bits per heavy atom. The van der Waals surface area contributed by atoms with Crippen molar-refractivity contribution < 1.29 is 13.2 Å². The van der Waals surface area contributed by atoms with E-state index in [0.29, 0.717) is 17.5 Å². The molecule has 1 aliphatic heterocycles. The lowest BCUT2D eigenvalue weighted by Crippen LogP contribution is -2.47. The second-order valence-electron chi connectivity index (χ2n) is 8.18. The molecule has 2 fully saturated rings. The van der Waals surface area contributed by atoms with Crippen molar-refractivity contribution in [3.8, 4) is 5.69 Å². The number of carbonyl (C=O) groups excluding carboxylic acids is 1. The zero-order valence-electron chi connectivity index (χ0n) is 17.4. The van der Waals surface area contributed by atoms with E-state index < -0.39 is 9.84 Å². The van der Waals surface area contributed by atoms with E-state index in [2.05, 4.69) is 5.10 Å². The van der Waals surface area contributed by atoms with Gasteiger partial charge in [0.15, 0.2) is 9.84 Å². The number of hydrogen-bond acceptors (Lipinski definition) is 6. The molecule has 0 radical (unpaired) electrons. The summed E-state index contributed by atoms with van der Waals surface area (Å²) in [7, 11) is -3.05. The van der Waals surface area contributed by atoms with Gasteiger partial charge in [-0.05, 0) is 44.7 Å². The normalized spacial score (nSPS) is 21.5. The van der Waals surface area contributed by atoms with E-state index in [1.165, 1.54) is 11.8 Å². The van der Waals surface area contributed by atoms with Crippen LogP contribution in [0.25, 0.3) is 5.69 Å². The van der Waals surface area contributed by atoms with Gasteiger partial charge in [-0.1, -0.05) is 36.9 Å². The van der Waals surface area contributed by atoms with Gasteiger partial charge in [-0.25, -0.2) is 18.1 Å². The Kier molecular flexibility index (Phi) is 6.20. The third-order valence-electron chi connectivity index (χ3n) is 5.84. The molecule has 2 atom stereocenters. The van der Waals surface area contributed by atoms with Crippen LogP contribution >= 0.6 is 11.8 Å². The van der Waals surface area contributed by atoms with Gasteiger partial charge in [0, 0.05) is 18.0 Å². The first kappa shape index (κ1) is 21.4. The molecule has 1 aromatic carbocycles. The molecule has 1 aliphatic carbocycles. The molecule has 7 nitrogen and oxygen atoms in total. The topological polar surface area (TPSA) is 85.2 Å². The second kappa shape index (κ2) is 8.70. The van der Waals surface area contributed by atoms with Crippen molar-refractivity contribution in [2.75, 3.05) is 17.3 Å². The van der Waals surface area contributed by atoms with Crippen LogP contribution < -0.4 is 0 Å². The first-order valence-corrected chi connectivity index (χ1v) is 13.4. The van der Waals surface area contributed by atoms with Crippen LogP contribution in [0.15, 0.2) is 35.5 Å². The van der Waals surface area contributed by atoms with E-state index in [-0.39, 0.29) is 35.2 Å². The standard InChI is InChI=1S/C21H28N4O3S2/c1-3-15(2)24(18-11-12-30(27,28)14-18)19(26)13-29-21-22-20(16-9-10-16)25(23-21)17-7-5-4-6-8-17/h4-8,15-16,18H,3,9-14H2,1-2H3. The predicted octanol–water partition coefficient (Wildman–Crippen LogP) is 3.05. The van der Waals surface area contributed by atoms with Crippen LogP contribution in [-0.2, 0) is 14.6 Å². The molecule has 0 N–H and O–H groups in total. The van der Waals surface area contributed by atoms with Crippen molar-refractivity contribution in [3.63, 3.8) is 0 Å². The van der Waals surface area contributed by atoms with Crippen molar-refractivity contribution >= 4 is 27.5 Å². The van der Waals surface area contributed by atoms with Crippen LogP contribution in [0.3, 0.4) is 0 Å². The SMILES string of the molecule is CCC(C)N(C(=O)CSc1nc(C2CC2)n(-c2ccccc2)n1)C1CCS(=O)(=O)C1. The Morgan fingerprint density at radius 2 is 2.00 bits per heavy atom. The fourth-order valence-corrected chi connectivity index (χ4v) is 6.34. The number of benzene rings is 1. The molecule has 1 saturated heterocycles. The highest BCUT2D eigenvalue weighted by Crippen LogP contribution is 2.40. The Labute approximate surface area is 182 Å². The summed E-state index contributed by atoms with van der Waals surface area (Å²) in [5, 5.41) is 5.26. The molecule has 2 heterocycles. The fourth-order valence-electron chi connectivity index (χ4n) is 3.93. The summed E-state index contributed by atoms with van der Waals surface area (Å²) in [5.74, 6) is 1.80. The van der Waals surface area contributed by atoms with E-state index in [1.807, 2.05) is 48.9 Å². The molecular weight excluding hydrogens is 420 g/mol. The molecule has 2 unspecified atom stereocenters. The summed E-state index contributed by atoms with van der Waals surface area (Å²) in [5.41, 5.74) is 0.975. The van der Waals surface area contributed by atoms with Crippen LogP contribution in [0, 0.1) is 0 Å². The molecule has 1 saturated carbocycles. The first-order chi connectivity index (χ1) is 14.4. The third kappa shape index (κ3) is 4.72. The summed E-state index contributed by atoms with van der Waals surface area (Å²) >= 11 is 1.33. The Morgan fingerprint density at radius 1 is 1.27 bits per heavy atom. The quantitative estimate of drug-likeness (QED) is 0.577. The molecule has 9 heteroatoms. The lowest BCUT2D eigenvalue weighted by atomic mass is 10.1. The van der Waals surface area contributed by atoms with Crippen LogP contribution in [0.2, 0.25) is 0 Å². The number of amides is 1. The van der Waals surface area contributed by atoms with Gasteiger partial charge < -0.3 is 4.90 Å². The smallest absolute Gasteiger partial charge is 0.233 e. The average molecular weight is 449 g/mol. The molecule has 0 bridgehead atoms. The van der Waals surface area contributed by atoms with Crippen LogP contribution in [-0.4, -0.2) is 63.3 Å². The van der Waals surface area contributed by atoms with E-state index in [1.54, 1.807) is 4.90 Å². The van der Waals surface area contributed by atoms with Crippen LogP contribution in [0.1, 0.15) is 51.3 Å². The summed E-state index contributed by atoms with van der Waals surface area (Å²) < 4.78 is 25.8. The number of sulfone groups is 1. The molecule has 2 aromatic rings. The number of rotatable bonds is 8. The molecule has 162 valence electrons. The molecule has 0 spiro atoms. The number of nitrogens with zero attached hydrogens (tertiary/aromatic N) is 4. The lowest BCUT2D eigenvalue weighted by molar-refractivity contribution is -0.132. The maximum absolute atomic E-state index is 13.1. The molecule has 2 aliphatic rings. The Bertz CT molecular complexity index is 1000.